The SMILES string of the molecule is CN(CC(F)(F)F)C(=O)CCCO. The number of alkyl halides is 3. The summed E-state index contributed by atoms with van der Waals surface area (Å²) in [6, 6.07) is 0. The first-order valence-corrected chi connectivity index (χ1v) is 3.78. The first kappa shape index (κ1) is 12.2. The highest BCUT2D eigenvalue weighted by Crippen LogP contribution is 2.15. The molecule has 0 rings (SSSR count). The molecule has 3 nitrogen and oxygen atoms in total. The molecule has 0 bridgehead atoms. The van der Waals surface area contributed by atoms with Gasteiger partial charge in [-0.3, -0.25) is 4.79 Å². The van der Waals surface area contributed by atoms with Gasteiger partial charge in [0.15, 0.2) is 0 Å². The third-order valence-electron chi connectivity index (χ3n) is 1.39. The van der Waals surface area contributed by atoms with Crippen molar-refractivity contribution in [2.75, 3.05) is 20.2 Å². The molecule has 0 aliphatic carbocycles. The van der Waals surface area contributed by atoms with Crippen molar-refractivity contribution in [3.63, 3.8) is 0 Å². The molecule has 0 saturated carbocycles. The quantitative estimate of drug-likeness (QED) is 0.726. The van der Waals surface area contributed by atoms with Crippen molar-refractivity contribution in [3.05, 3.63) is 0 Å². The Bertz CT molecular complexity index is 170. The highest BCUT2D eigenvalue weighted by molar-refractivity contribution is 5.75. The Hall–Kier alpha value is -0.780. The summed E-state index contributed by atoms with van der Waals surface area (Å²) in [7, 11) is 1.09. The molecule has 78 valence electrons. The lowest BCUT2D eigenvalue weighted by atomic mass is 10.3. The van der Waals surface area contributed by atoms with Crippen LogP contribution in [-0.2, 0) is 4.79 Å². The highest BCUT2D eigenvalue weighted by Gasteiger charge is 2.30. The molecule has 0 atom stereocenters. The average molecular weight is 199 g/mol. The van der Waals surface area contributed by atoms with Crippen LogP contribution in [0.15, 0.2) is 0 Å². The van der Waals surface area contributed by atoms with Crippen molar-refractivity contribution in [1.29, 1.82) is 0 Å². The van der Waals surface area contributed by atoms with Crippen molar-refractivity contribution in [2.45, 2.75) is 19.0 Å². The number of carbonyl (C=O) groups is 1. The smallest absolute Gasteiger partial charge is 0.396 e. The van der Waals surface area contributed by atoms with Gasteiger partial charge < -0.3 is 10.0 Å². The summed E-state index contributed by atoms with van der Waals surface area (Å²) in [5, 5.41) is 8.34. The molecule has 13 heavy (non-hydrogen) atoms. The first-order chi connectivity index (χ1) is 5.87. The van der Waals surface area contributed by atoms with Crippen LogP contribution in [0.25, 0.3) is 0 Å². The first-order valence-electron chi connectivity index (χ1n) is 3.78. The van der Waals surface area contributed by atoms with Crippen molar-refractivity contribution in [2.24, 2.45) is 0 Å². The van der Waals surface area contributed by atoms with Crippen LogP contribution < -0.4 is 0 Å². The van der Waals surface area contributed by atoms with Crippen LogP contribution in [-0.4, -0.2) is 42.3 Å². The van der Waals surface area contributed by atoms with Crippen molar-refractivity contribution in [3.8, 4) is 0 Å². The summed E-state index contributed by atoms with van der Waals surface area (Å²) in [6.07, 6.45) is -4.21. The van der Waals surface area contributed by atoms with Crippen LogP contribution in [0.5, 0.6) is 0 Å². The lowest BCUT2D eigenvalue weighted by Gasteiger charge is -2.18. The van der Waals surface area contributed by atoms with E-state index in [4.69, 9.17) is 5.11 Å². The lowest BCUT2D eigenvalue weighted by Crippen LogP contribution is -2.35. The maximum atomic E-state index is 11.7. The number of aliphatic hydroxyl groups excluding tert-OH is 1. The molecule has 0 aromatic rings. The minimum Gasteiger partial charge on any atom is -0.396 e. The summed E-state index contributed by atoms with van der Waals surface area (Å²) in [4.78, 5) is 11.5. The molecule has 1 amide bonds. The second-order valence-corrected chi connectivity index (χ2v) is 2.69. The number of halogens is 3. The molecule has 0 aliphatic rings. The van der Waals surface area contributed by atoms with E-state index in [-0.39, 0.29) is 19.4 Å². The fourth-order valence-corrected chi connectivity index (χ4v) is 0.778. The topological polar surface area (TPSA) is 40.5 Å². The predicted molar refractivity (Wildman–Crippen MR) is 40.0 cm³/mol. The van der Waals surface area contributed by atoms with Gasteiger partial charge in [-0.15, -0.1) is 0 Å². The molecule has 0 aromatic carbocycles. The zero-order valence-corrected chi connectivity index (χ0v) is 7.26. The molecule has 0 saturated heterocycles. The van der Waals surface area contributed by atoms with Crippen LogP contribution in [0, 0.1) is 0 Å². The fraction of sp³-hybridized carbons (Fsp3) is 0.857. The Morgan fingerprint density at radius 1 is 1.46 bits per heavy atom. The maximum Gasteiger partial charge on any atom is 0.406 e. The lowest BCUT2D eigenvalue weighted by molar-refractivity contribution is -0.158. The Balaban J connectivity index is 3.83. The van der Waals surface area contributed by atoms with E-state index in [1.54, 1.807) is 0 Å². The van der Waals surface area contributed by atoms with Crippen molar-refractivity contribution in [1.82, 2.24) is 4.90 Å². The number of carbonyl (C=O) groups excluding carboxylic acids is 1. The maximum absolute atomic E-state index is 11.7. The minimum atomic E-state index is -4.36. The summed E-state index contributed by atoms with van der Waals surface area (Å²) in [6.45, 7) is -1.43. The number of amides is 1. The Morgan fingerprint density at radius 3 is 2.38 bits per heavy atom. The largest absolute Gasteiger partial charge is 0.406 e. The van der Waals surface area contributed by atoms with Crippen LogP contribution in [0.3, 0.4) is 0 Å². The third-order valence-corrected chi connectivity index (χ3v) is 1.39. The number of aliphatic hydroxyl groups is 1. The molecular weight excluding hydrogens is 187 g/mol. The number of nitrogens with zero attached hydrogens (tertiary/aromatic N) is 1. The summed E-state index contributed by atoms with van der Waals surface area (Å²) >= 11 is 0. The standard InChI is InChI=1S/C7H12F3NO2/c1-11(5-7(8,9)10)6(13)3-2-4-12/h12H,2-5H2,1H3. The molecule has 0 aromatic heterocycles. The molecule has 0 unspecified atom stereocenters. The normalized spacial score (nSPS) is 11.5. The van der Waals surface area contributed by atoms with Gasteiger partial charge in [-0.05, 0) is 6.42 Å². The van der Waals surface area contributed by atoms with E-state index < -0.39 is 18.6 Å². The third kappa shape index (κ3) is 6.39. The van der Waals surface area contributed by atoms with Gasteiger partial charge in [-0.2, -0.15) is 13.2 Å². The molecule has 0 spiro atoms. The monoisotopic (exact) mass is 199 g/mol. The zero-order chi connectivity index (χ0) is 10.5. The van der Waals surface area contributed by atoms with E-state index in [1.165, 1.54) is 0 Å². The van der Waals surface area contributed by atoms with Crippen LogP contribution in [0.4, 0.5) is 13.2 Å². The second kappa shape index (κ2) is 5.06. The molecule has 0 heterocycles. The van der Waals surface area contributed by atoms with Crippen LogP contribution in [0.1, 0.15) is 12.8 Å². The van der Waals surface area contributed by atoms with Gasteiger partial charge in [0, 0.05) is 20.1 Å². The molecule has 0 fully saturated rings. The number of hydrogen-bond acceptors (Lipinski definition) is 2. The van der Waals surface area contributed by atoms with Crippen molar-refractivity contribution >= 4 is 5.91 Å². The Morgan fingerprint density at radius 2 is 2.00 bits per heavy atom. The zero-order valence-electron chi connectivity index (χ0n) is 7.26. The Kier molecular flexibility index (Phi) is 4.76. The van der Waals surface area contributed by atoms with Crippen molar-refractivity contribution < 1.29 is 23.1 Å². The van der Waals surface area contributed by atoms with E-state index in [0.717, 1.165) is 7.05 Å². The molecule has 1 N–H and O–H groups in total. The fourth-order valence-electron chi connectivity index (χ4n) is 0.778. The predicted octanol–water partition coefficient (Wildman–Crippen LogP) is 0.780. The van der Waals surface area contributed by atoms with Crippen LogP contribution >= 0.6 is 0 Å². The summed E-state index contributed by atoms with van der Waals surface area (Å²) < 4.78 is 35.2. The van der Waals surface area contributed by atoms with Gasteiger partial charge in [-0.1, -0.05) is 0 Å². The van der Waals surface area contributed by atoms with Gasteiger partial charge >= 0.3 is 6.18 Å². The van der Waals surface area contributed by atoms with E-state index in [1.807, 2.05) is 0 Å². The highest BCUT2D eigenvalue weighted by atomic mass is 19.4. The minimum absolute atomic E-state index is 0.0525. The van der Waals surface area contributed by atoms with Gasteiger partial charge in [-0.25, -0.2) is 0 Å². The van der Waals surface area contributed by atoms with Gasteiger partial charge in [0.2, 0.25) is 5.91 Å². The number of rotatable bonds is 4. The summed E-state index contributed by atoms with van der Waals surface area (Å²) in [5.41, 5.74) is 0. The van der Waals surface area contributed by atoms with E-state index in [2.05, 4.69) is 0 Å². The van der Waals surface area contributed by atoms with Gasteiger partial charge in [0.05, 0.1) is 0 Å². The molecule has 6 heteroatoms. The number of hydrogen-bond donors (Lipinski definition) is 1. The van der Waals surface area contributed by atoms with E-state index in [0.29, 0.717) is 4.90 Å². The van der Waals surface area contributed by atoms with Gasteiger partial charge in [0.1, 0.15) is 6.54 Å². The summed E-state index contributed by atoms with van der Waals surface area (Å²) in [5.74, 6) is -0.605. The van der Waals surface area contributed by atoms with Crippen LogP contribution in [0.2, 0.25) is 0 Å². The Labute approximate surface area is 74.1 Å². The second-order valence-electron chi connectivity index (χ2n) is 2.69. The van der Waals surface area contributed by atoms with E-state index >= 15 is 0 Å². The van der Waals surface area contributed by atoms with Gasteiger partial charge in [0.25, 0.3) is 0 Å². The molecule has 0 radical (unpaired) electrons. The molecular formula is C7H12F3NO2. The molecule has 0 aliphatic heterocycles. The average Bonchev–Trinajstić information content (AvgIpc) is 1.96. The van der Waals surface area contributed by atoms with E-state index in [9.17, 15) is 18.0 Å².